The van der Waals surface area contributed by atoms with Crippen LogP contribution in [0, 0.1) is 5.82 Å². The maximum Gasteiger partial charge on any atom is 0.309 e. The number of nitrogens with zero attached hydrogens (tertiary/aromatic N) is 1. The van der Waals surface area contributed by atoms with E-state index in [1.807, 2.05) is 0 Å². The molecule has 2 rings (SSSR count). The molecule has 1 aliphatic rings. The molecule has 0 aliphatic carbocycles. The molecule has 1 atom stereocenters. The van der Waals surface area contributed by atoms with E-state index in [1.54, 1.807) is 12.1 Å². The molecule has 0 amide bonds. The van der Waals surface area contributed by atoms with Crippen molar-refractivity contribution in [3.63, 3.8) is 0 Å². The smallest absolute Gasteiger partial charge is 0.234 e. The Labute approximate surface area is 96.4 Å². The van der Waals surface area contributed by atoms with Crippen LogP contribution in [0.3, 0.4) is 0 Å². The van der Waals surface area contributed by atoms with E-state index in [2.05, 4.69) is 30.1 Å². The van der Waals surface area contributed by atoms with Crippen molar-refractivity contribution in [2.24, 2.45) is 4.40 Å². The highest BCUT2D eigenvalue weighted by molar-refractivity contribution is 9.10. The van der Waals surface area contributed by atoms with Crippen LogP contribution in [-0.2, 0) is 22.0 Å². The molecule has 80 valence electrons. The fourth-order valence-corrected chi connectivity index (χ4v) is 1.94. The number of hydrogen-bond donors (Lipinski definition) is 1. The van der Waals surface area contributed by atoms with Gasteiger partial charge in [-0.1, -0.05) is 22.0 Å². The molecule has 1 aromatic rings. The lowest BCUT2D eigenvalue weighted by Crippen LogP contribution is -2.19. The Hall–Kier alpha value is -0.790. The molecule has 0 fully saturated rings. The van der Waals surface area contributed by atoms with Crippen molar-refractivity contribution in [2.45, 2.75) is 6.42 Å². The molecular formula is C8H6BrFN2O2S. The van der Waals surface area contributed by atoms with Gasteiger partial charge in [0.15, 0.2) is 0 Å². The molecule has 0 bridgehead atoms. The minimum Gasteiger partial charge on any atom is -0.234 e. The predicted octanol–water partition coefficient (Wildman–Crippen LogP) is 1.64. The van der Waals surface area contributed by atoms with Crippen molar-refractivity contribution in [3.05, 3.63) is 34.1 Å². The topological polar surface area (TPSA) is 50.7 Å². The lowest BCUT2D eigenvalue weighted by Gasteiger charge is -2.02. The third kappa shape index (κ3) is 2.61. The molecule has 1 N–H and O–H groups in total. The van der Waals surface area contributed by atoms with Gasteiger partial charge < -0.3 is 0 Å². The summed E-state index contributed by atoms with van der Waals surface area (Å²) in [6, 6.07) is 4.72. The van der Waals surface area contributed by atoms with Gasteiger partial charge in [-0.25, -0.2) is 14.1 Å². The normalized spacial score (nSPS) is 19.9. The number of amidine groups is 1. The van der Waals surface area contributed by atoms with Crippen molar-refractivity contribution < 1.29 is 12.9 Å². The second kappa shape index (κ2) is 4.38. The summed E-state index contributed by atoms with van der Waals surface area (Å²) in [6.07, 6.45) is 0.227. The fraction of sp³-hybridized carbons (Fsp3) is 0.125. The van der Waals surface area contributed by atoms with Crippen LogP contribution >= 0.6 is 15.9 Å². The summed E-state index contributed by atoms with van der Waals surface area (Å²) in [7, 11) is 0. The van der Waals surface area contributed by atoms with Crippen LogP contribution in [-0.4, -0.2) is 10.0 Å². The van der Waals surface area contributed by atoms with Gasteiger partial charge in [0.1, 0.15) is 11.7 Å². The van der Waals surface area contributed by atoms with Gasteiger partial charge in [0.25, 0.3) is 0 Å². The van der Waals surface area contributed by atoms with E-state index in [1.165, 1.54) is 6.07 Å². The van der Waals surface area contributed by atoms with Crippen LogP contribution in [0.25, 0.3) is 0 Å². The molecule has 1 heterocycles. The summed E-state index contributed by atoms with van der Waals surface area (Å²) in [5, 5.41) is 0. The Morgan fingerprint density at radius 1 is 1.60 bits per heavy atom. The first-order valence-corrected chi connectivity index (χ1v) is 5.84. The minimum absolute atomic E-state index is 0.227. The summed E-state index contributed by atoms with van der Waals surface area (Å²) in [5.41, 5.74) is 2.83. The first-order chi connectivity index (χ1) is 7.15. The summed E-state index contributed by atoms with van der Waals surface area (Å²) in [6.45, 7) is 0. The van der Waals surface area contributed by atoms with E-state index >= 15 is 0 Å². The van der Waals surface area contributed by atoms with Crippen molar-refractivity contribution >= 4 is 33.0 Å². The minimum atomic E-state index is -1.69. The highest BCUT2D eigenvalue weighted by atomic mass is 79.9. The van der Waals surface area contributed by atoms with Gasteiger partial charge in [-0.15, -0.1) is 4.40 Å². The Morgan fingerprint density at radius 3 is 3.00 bits per heavy atom. The molecule has 0 saturated carbocycles. The molecule has 1 aliphatic heterocycles. The Balaban J connectivity index is 2.18. The molecule has 0 aromatic heterocycles. The van der Waals surface area contributed by atoms with Gasteiger partial charge in [-0.3, -0.25) is 0 Å². The van der Waals surface area contributed by atoms with Crippen molar-refractivity contribution in [2.75, 3.05) is 0 Å². The number of hydroxylamine groups is 1. The monoisotopic (exact) mass is 292 g/mol. The standard InChI is InChI=1S/C8H6BrFN2O2S/c9-6-2-1-5(7(10)4-6)3-8-11-14-15(13)12-8/h1-2,4H,3H2,(H,11,12). The number of halogens is 2. The van der Waals surface area contributed by atoms with E-state index < -0.39 is 11.3 Å². The Kier molecular flexibility index (Phi) is 3.13. The largest absolute Gasteiger partial charge is 0.309 e. The third-order valence-electron chi connectivity index (χ3n) is 1.79. The molecule has 4 nitrogen and oxygen atoms in total. The number of nitrogens with one attached hydrogen (secondary N) is 1. The zero-order valence-corrected chi connectivity index (χ0v) is 9.77. The molecule has 15 heavy (non-hydrogen) atoms. The molecule has 1 unspecified atom stereocenters. The third-order valence-corrected chi connectivity index (χ3v) is 2.88. The van der Waals surface area contributed by atoms with Gasteiger partial charge in [0.05, 0.1) is 0 Å². The second-order valence-corrected chi connectivity index (χ2v) is 4.55. The molecule has 0 saturated heterocycles. The van der Waals surface area contributed by atoms with Crippen LogP contribution in [0.5, 0.6) is 0 Å². The number of benzene rings is 1. The van der Waals surface area contributed by atoms with Gasteiger partial charge >= 0.3 is 11.3 Å². The highest BCUT2D eigenvalue weighted by Crippen LogP contribution is 2.16. The van der Waals surface area contributed by atoms with Crippen molar-refractivity contribution in [1.82, 2.24) is 5.48 Å². The molecule has 0 spiro atoms. The quantitative estimate of drug-likeness (QED) is 0.902. The SMILES string of the molecule is O=S1N=C(Cc2ccc(Br)cc2F)NO1. The summed E-state index contributed by atoms with van der Waals surface area (Å²) in [5.74, 6) is 0.0149. The van der Waals surface area contributed by atoms with E-state index in [0.29, 0.717) is 15.9 Å². The molecule has 1 aromatic carbocycles. The molecule has 7 heteroatoms. The molecular weight excluding hydrogens is 287 g/mol. The van der Waals surface area contributed by atoms with Crippen molar-refractivity contribution in [1.29, 1.82) is 0 Å². The van der Waals surface area contributed by atoms with Crippen molar-refractivity contribution in [3.8, 4) is 0 Å². The van der Waals surface area contributed by atoms with Crippen LogP contribution in [0.15, 0.2) is 27.1 Å². The zero-order chi connectivity index (χ0) is 10.8. The average Bonchev–Trinajstić information content (AvgIpc) is 2.56. The van der Waals surface area contributed by atoms with E-state index in [9.17, 15) is 8.60 Å². The first-order valence-electron chi connectivity index (χ1n) is 4.02. The van der Waals surface area contributed by atoms with Crippen LogP contribution in [0.2, 0.25) is 0 Å². The van der Waals surface area contributed by atoms with Gasteiger partial charge in [-0.2, -0.15) is 4.28 Å². The van der Waals surface area contributed by atoms with E-state index in [-0.39, 0.29) is 12.2 Å². The molecule has 0 radical (unpaired) electrons. The van der Waals surface area contributed by atoms with Crippen LogP contribution in [0.4, 0.5) is 4.39 Å². The second-order valence-electron chi connectivity index (χ2n) is 2.85. The highest BCUT2D eigenvalue weighted by Gasteiger charge is 2.15. The summed E-state index contributed by atoms with van der Waals surface area (Å²) < 4.78 is 32.9. The summed E-state index contributed by atoms with van der Waals surface area (Å²) in [4.78, 5) is 0. The van der Waals surface area contributed by atoms with E-state index in [4.69, 9.17) is 0 Å². The lowest BCUT2D eigenvalue weighted by molar-refractivity contribution is 0.303. The Morgan fingerprint density at radius 2 is 2.40 bits per heavy atom. The van der Waals surface area contributed by atoms with Gasteiger partial charge in [0.2, 0.25) is 0 Å². The van der Waals surface area contributed by atoms with Gasteiger partial charge in [0, 0.05) is 10.9 Å². The maximum atomic E-state index is 13.4. The van der Waals surface area contributed by atoms with Crippen LogP contribution < -0.4 is 5.48 Å². The lowest BCUT2D eigenvalue weighted by atomic mass is 10.1. The first kappa shape index (κ1) is 10.7. The average molecular weight is 293 g/mol. The Bertz CT molecular complexity index is 452. The van der Waals surface area contributed by atoms with E-state index in [0.717, 1.165) is 0 Å². The fourth-order valence-electron chi connectivity index (χ4n) is 1.12. The number of rotatable bonds is 2. The number of hydrogen-bond acceptors (Lipinski definition) is 3. The van der Waals surface area contributed by atoms with Crippen LogP contribution in [0.1, 0.15) is 5.56 Å². The maximum absolute atomic E-state index is 13.4. The van der Waals surface area contributed by atoms with Gasteiger partial charge in [-0.05, 0) is 17.7 Å². The predicted molar refractivity (Wildman–Crippen MR) is 57.6 cm³/mol. The zero-order valence-electron chi connectivity index (χ0n) is 7.37. The summed E-state index contributed by atoms with van der Waals surface area (Å²) >= 11 is 1.47.